The van der Waals surface area contributed by atoms with Gasteiger partial charge in [-0.25, -0.2) is 0 Å². The predicted molar refractivity (Wildman–Crippen MR) is 82.0 cm³/mol. The van der Waals surface area contributed by atoms with Crippen molar-refractivity contribution in [1.82, 2.24) is 4.90 Å². The van der Waals surface area contributed by atoms with E-state index >= 15 is 0 Å². The summed E-state index contributed by atoms with van der Waals surface area (Å²) in [6, 6.07) is 5.33. The van der Waals surface area contributed by atoms with E-state index in [1.807, 2.05) is 6.07 Å². The van der Waals surface area contributed by atoms with Gasteiger partial charge in [0.2, 0.25) is 5.91 Å². The molecule has 1 aliphatic heterocycles. The third-order valence-electron chi connectivity index (χ3n) is 3.16. The van der Waals surface area contributed by atoms with Crippen LogP contribution in [0.25, 0.3) is 0 Å². The van der Waals surface area contributed by atoms with Crippen molar-refractivity contribution in [3.63, 3.8) is 0 Å². The maximum absolute atomic E-state index is 11.6. The van der Waals surface area contributed by atoms with Crippen LogP contribution in [0.2, 0.25) is 10.0 Å². The monoisotopic (exact) mass is 330 g/mol. The van der Waals surface area contributed by atoms with E-state index in [9.17, 15) is 4.79 Å². The number of oxime groups is 1. The summed E-state index contributed by atoms with van der Waals surface area (Å²) >= 11 is 11.9. The molecule has 0 N–H and O–H groups in total. The Bertz CT molecular complexity index is 563. The molecule has 1 amide bonds. The highest BCUT2D eigenvalue weighted by Crippen LogP contribution is 2.25. The molecule has 1 atom stereocenters. The van der Waals surface area contributed by atoms with Crippen molar-refractivity contribution in [2.45, 2.75) is 12.5 Å². The Morgan fingerprint density at radius 2 is 2.24 bits per heavy atom. The number of rotatable bonds is 5. The number of hydrogen-bond acceptors (Lipinski definition) is 4. The lowest BCUT2D eigenvalue weighted by atomic mass is 10.0. The molecule has 0 bridgehead atoms. The van der Waals surface area contributed by atoms with Crippen molar-refractivity contribution < 1.29 is 14.4 Å². The third-order valence-corrected chi connectivity index (χ3v) is 3.90. The second kappa shape index (κ2) is 7.11. The van der Waals surface area contributed by atoms with Crippen molar-refractivity contribution >= 4 is 34.8 Å². The van der Waals surface area contributed by atoms with Crippen LogP contribution in [0.15, 0.2) is 23.4 Å². The van der Waals surface area contributed by atoms with Gasteiger partial charge in [-0.05, 0) is 12.1 Å². The molecule has 0 aliphatic carbocycles. The number of nitrogens with zero attached hydrogens (tertiary/aromatic N) is 2. The van der Waals surface area contributed by atoms with Crippen molar-refractivity contribution in [3.05, 3.63) is 33.8 Å². The summed E-state index contributed by atoms with van der Waals surface area (Å²) in [5.41, 5.74) is 1.67. The van der Waals surface area contributed by atoms with E-state index in [4.69, 9.17) is 32.8 Å². The zero-order chi connectivity index (χ0) is 15.4. The molecule has 2 rings (SSSR count). The third kappa shape index (κ3) is 4.09. The number of likely N-dealkylation sites (N-methyl/N-ethyl adjacent to an activating group) is 1. The van der Waals surface area contributed by atoms with Crippen LogP contribution >= 0.6 is 23.2 Å². The van der Waals surface area contributed by atoms with E-state index in [0.717, 1.165) is 11.3 Å². The van der Waals surface area contributed by atoms with Gasteiger partial charge in [0.05, 0.1) is 22.3 Å². The van der Waals surface area contributed by atoms with Crippen LogP contribution in [0.5, 0.6) is 0 Å². The van der Waals surface area contributed by atoms with E-state index in [-0.39, 0.29) is 18.6 Å². The topological polar surface area (TPSA) is 51.1 Å². The average Bonchev–Trinajstić information content (AvgIpc) is 2.90. The summed E-state index contributed by atoms with van der Waals surface area (Å²) in [5, 5.41) is 5.04. The number of amides is 1. The van der Waals surface area contributed by atoms with Crippen LogP contribution < -0.4 is 0 Å². The molecule has 0 unspecified atom stereocenters. The highest BCUT2D eigenvalue weighted by molar-refractivity contribution is 6.42. The molecule has 114 valence electrons. The van der Waals surface area contributed by atoms with Crippen molar-refractivity contribution in [1.29, 1.82) is 0 Å². The predicted octanol–water partition coefficient (Wildman–Crippen LogP) is 2.59. The first-order valence-corrected chi connectivity index (χ1v) is 7.18. The van der Waals surface area contributed by atoms with Gasteiger partial charge in [0.25, 0.3) is 0 Å². The normalized spacial score (nSPS) is 17.3. The van der Waals surface area contributed by atoms with Gasteiger partial charge in [0.15, 0.2) is 6.10 Å². The van der Waals surface area contributed by atoms with E-state index in [1.165, 1.54) is 7.11 Å². The lowest BCUT2D eigenvalue weighted by Crippen LogP contribution is -2.36. The highest BCUT2D eigenvalue weighted by atomic mass is 35.5. The van der Waals surface area contributed by atoms with Crippen LogP contribution in [0.1, 0.15) is 12.0 Å². The molecular weight excluding hydrogens is 315 g/mol. The number of ether oxygens (including phenoxy) is 1. The summed E-state index contributed by atoms with van der Waals surface area (Å²) in [6.45, 7) is 0.514. The van der Waals surface area contributed by atoms with Gasteiger partial charge in [-0.2, -0.15) is 0 Å². The number of benzene rings is 1. The SMILES string of the molecule is COCC(=O)N(C)C[C@H]1CC(c2ccc(Cl)c(Cl)c2)=NO1. The van der Waals surface area contributed by atoms with Gasteiger partial charge in [-0.15, -0.1) is 0 Å². The van der Waals surface area contributed by atoms with Gasteiger partial charge in [-0.1, -0.05) is 34.4 Å². The minimum atomic E-state index is -0.166. The smallest absolute Gasteiger partial charge is 0.248 e. The largest absolute Gasteiger partial charge is 0.390 e. The molecule has 1 aliphatic rings. The van der Waals surface area contributed by atoms with E-state index < -0.39 is 0 Å². The first-order chi connectivity index (χ1) is 10.0. The maximum atomic E-state index is 11.6. The number of halogens is 2. The number of methoxy groups -OCH3 is 1. The fourth-order valence-corrected chi connectivity index (χ4v) is 2.31. The van der Waals surface area contributed by atoms with Gasteiger partial charge >= 0.3 is 0 Å². The first kappa shape index (κ1) is 16.1. The molecule has 0 spiro atoms. The zero-order valence-corrected chi connectivity index (χ0v) is 13.3. The summed E-state index contributed by atoms with van der Waals surface area (Å²) < 4.78 is 4.82. The molecular formula is C14H16Cl2N2O3. The summed E-state index contributed by atoms with van der Waals surface area (Å²) in [7, 11) is 3.20. The van der Waals surface area contributed by atoms with Crippen LogP contribution in [-0.4, -0.2) is 49.9 Å². The molecule has 21 heavy (non-hydrogen) atoms. The minimum absolute atomic E-state index is 0.0593. The standard InChI is InChI=1S/C14H16Cl2N2O3/c1-18(14(19)8-20-2)7-10-6-13(17-21-10)9-3-4-11(15)12(16)5-9/h3-5,10H,6-8H2,1-2H3/t10-/m1/s1. The van der Waals surface area contributed by atoms with Crippen molar-refractivity contribution in [2.24, 2.45) is 5.16 Å². The second-order valence-electron chi connectivity index (χ2n) is 4.81. The Balaban J connectivity index is 1.93. The Morgan fingerprint density at radius 3 is 2.90 bits per heavy atom. The fourth-order valence-electron chi connectivity index (χ4n) is 2.01. The highest BCUT2D eigenvalue weighted by Gasteiger charge is 2.25. The molecule has 5 nitrogen and oxygen atoms in total. The van der Waals surface area contributed by atoms with E-state index in [0.29, 0.717) is 23.0 Å². The molecule has 0 saturated heterocycles. The van der Waals surface area contributed by atoms with Gasteiger partial charge in [0, 0.05) is 26.1 Å². The molecule has 0 radical (unpaired) electrons. The van der Waals surface area contributed by atoms with Gasteiger partial charge in [0.1, 0.15) is 6.61 Å². The molecule has 1 heterocycles. The Kier molecular flexibility index (Phi) is 5.45. The zero-order valence-electron chi connectivity index (χ0n) is 11.8. The molecule has 1 aromatic rings. The van der Waals surface area contributed by atoms with Crippen molar-refractivity contribution in [2.75, 3.05) is 27.3 Å². The minimum Gasteiger partial charge on any atom is -0.390 e. The molecule has 0 saturated carbocycles. The quantitative estimate of drug-likeness (QED) is 0.833. The molecule has 7 heteroatoms. The fraction of sp³-hybridized carbons (Fsp3) is 0.429. The second-order valence-corrected chi connectivity index (χ2v) is 5.62. The van der Waals surface area contributed by atoms with E-state index in [1.54, 1.807) is 24.1 Å². The Morgan fingerprint density at radius 1 is 1.48 bits per heavy atom. The number of carbonyl (C=O) groups excluding carboxylic acids is 1. The number of hydrogen-bond donors (Lipinski definition) is 0. The summed E-state index contributed by atoms with van der Waals surface area (Å²) in [4.78, 5) is 18.6. The van der Waals surface area contributed by atoms with Crippen molar-refractivity contribution in [3.8, 4) is 0 Å². The van der Waals surface area contributed by atoms with Gasteiger partial charge < -0.3 is 14.5 Å². The lowest BCUT2D eigenvalue weighted by molar-refractivity contribution is -0.135. The van der Waals surface area contributed by atoms with Crippen LogP contribution in [-0.2, 0) is 14.4 Å². The number of carbonyl (C=O) groups is 1. The lowest BCUT2D eigenvalue weighted by Gasteiger charge is -2.19. The Hall–Kier alpha value is -1.30. The Labute approximate surface area is 133 Å². The van der Waals surface area contributed by atoms with Crippen LogP contribution in [0.3, 0.4) is 0 Å². The summed E-state index contributed by atoms with van der Waals surface area (Å²) in [5.74, 6) is -0.0934. The maximum Gasteiger partial charge on any atom is 0.248 e. The molecule has 0 aromatic heterocycles. The molecule has 1 aromatic carbocycles. The molecule has 0 fully saturated rings. The van der Waals surface area contributed by atoms with E-state index in [2.05, 4.69) is 5.16 Å². The van der Waals surface area contributed by atoms with Crippen LogP contribution in [0, 0.1) is 0 Å². The van der Waals surface area contributed by atoms with Gasteiger partial charge in [-0.3, -0.25) is 4.79 Å². The first-order valence-electron chi connectivity index (χ1n) is 6.42. The summed E-state index contributed by atoms with van der Waals surface area (Å²) in [6.07, 6.45) is 0.447. The average molecular weight is 331 g/mol. The van der Waals surface area contributed by atoms with Crippen LogP contribution in [0.4, 0.5) is 0 Å².